The Bertz CT molecular complexity index is 2260. The van der Waals surface area contributed by atoms with E-state index in [1.54, 1.807) is 31.2 Å². The molecule has 1 spiro atoms. The van der Waals surface area contributed by atoms with Gasteiger partial charge in [0.05, 0.1) is 32.5 Å². The number of phenols is 1. The maximum Gasteiger partial charge on any atom is 0.246 e. The summed E-state index contributed by atoms with van der Waals surface area (Å²) >= 11 is 0. The number of rotatable bonds is 13. The third-order valence-electron chi connectivity index (χ3n) is 12.7. The maximum absolute atomic E-state index is 15.1. The lowest BCUT2D eigenvalue weighted by Crippen LogP contribution is -2.72. The number of methoxy groups -OCH3 is 3. The van der Waals surface area contributed by atoms with E-state index in [0.717, 1.165) is 17.6 Å². The number of phenolic OH excluding ortho intramolecular Hbond substituents is 1. The highest BCUT2D eigenvalue weighted by Crippen LogP contribution is 2.68. The fourth-order valence-electron chi connectivity index (χ4n) is 9.74. The molecule has 8 rings (SSSR count). The van der Waals surface area contributed by atoms with Crippen molar-refractivity contribution in [2.24, 2.45) is 11.8 Å². The van der Waals surface area contributed by atoms with Crippen LogP contribution in [0.1, 0.15) is 108 Å². The summed E-state index contributed by atoms with van der Waals surface area (Å²) in [6.45, 7) is 15.9. The normalized spacial score (nSPS) is 26.7. The van der Waals surface area contributed by atoms with E-state index in [1.165, 1.54) is 26.9 Å². The molecule has 314 valence electrons. The van der Waals surface area contributed by atoms with Gasteiger partial charge in [-0.2, -0.15) is 0 Å². The van der Waals surface area contributed by atoms with Gasteiger partial charge in [-0.05, 0) is 111 Å². The highest BCUT2D eigenvalue weighted by atomic mass is 16.6. The van der Waals surface area contributed by atoms with Crippen LogP contribution in [-0.4, -0.2) is 66.3 Å². The number of ketones is 2. The Morgan fingerprint density at radius 2 is 1.61 bits per heavy atom. The lowest BCUT2D eigenvalue weighted by atomic mass is 9.51. The van der Waals surface area contributed by atoms with Gasteiger partial charge >= 0.3 is 0 Å². The van der Waals surface area contributed by atoms with E-state index in [-0.39, 0.29) is 41.7 Å². The van der Waals surface area contributed by atoms with E-state index in [1.807, 2.05) is 52.8 Å². The largest absolute Gasteiger partial charge is 0.506 e. The molecule has 2 aromatic carbocycles. The van der Waals surface area contributed by atoms with E-state index in [9.17, 15) is 14.7 Å². The molecular weight excluding hydrogens is 751 g/mol. The predicted octanol–water partition coefficient (Wildman–Crippen LogP) is 8.50. The van der Waals surface area contributed by atoms with Gasteiger partial charge in [0, 0.05) is 41.5 Å². The minimum absolute atomic E-state index is 0.0203. The number of fused-ring (bicyclic) bond motifs is 2. The average Bonchev–Trinajstić information content (AvgIpc) is 3.34. The van der Waals surface area contributed by atoms with Crippen molar-refractivity contribution in [2.45, 2.75) is 116 Å². The number of benzene rings is 2. The van der Waals surface area contributed by atoms with Gasteiger partial charge in [0.1, 0.15) is 28.4 Å². The van der Waals surface area contributed by atoms with Gasteiger partial charge in [-0.15, -0.1) is 0 Å². The summed E-state index contributed by atoms with van der Waals surface area (Å²) in [5.41, 5.74) is 0.0166. The number of amides is 1. The molecule has 5 atom stereocenters. The quantitative estimate of drug-likeness (QED) is 0.150. The molecule has 1 saturated heterocycles. The van der Waals surface area contributed by atoms with Gasteiger partial charge in [-0.25, -0.2) is 0 Å². The van der Waals surface area contributed by atoms with Gasteiger partial charge < -0.3 is 38.8 Å². The maximum atomic E-state index is 15.1. The van der Waals surface area contributed by atoms with Gasteiger partial charge in [0.25, 0.3) is 0 Å². The highest BCUT2D eigenvalue weighted by Gasteiger charge is 2.81. The number of allylic oxidation sites excluding steroid dienone is 5. The van der Waals surface area contributed by atoms with E-state index in [0.29, 0.717) is 64.5 Å². The predicted molar refractivity (Wildman–Crippen MR) is 225 cm³/mol. The van der Waals surface area contributed by atoms with Crippen LogP contribution in [0.4, 0.5) is 0 Å². The fourth-order valence-corrected chi connectivity index (χ4v) is 9.74. The summed E-state index contributed by atoms with van der Waals surface area (Å²) in [6.07, 6.45) is 13.7. The fraction of sp³-hybridized carbons (Fsp3) is 0.479. The first-order valence-corrected chi connectivity index (χ1v) is 20.4. The number of aromatic hydroxyl groups is 1. The van der Waals surface area contributed by atoms with Crippen LogP contribution in [-0.2, 0) is 27.3 Å². The van der Waals surface area contributed by atoms with Gasteiger partial charge in [-0.1, -0.05) is 35.5 Å². The smallest absolute Gasteiger partial charge is 0.246 e. The number of carbonyl (C=O) groups is 3. The van der Waals surface area contributed by atoms with Crippen LogP contribution >= 0.6 is 0 Å². The van der Waals surface area contributed by atoms with Crippen molar-refractivity contribution in [3.8, 4) is 34.5 Å². The number of carbonyl (C=O) groups excluding carboxylic acids is 3. The first-order valence-electron chi connectivity index (χ1n) is 20.4. The summed E-state index contributed by atoms with van der Waals surface area (Å²) in [5.74, 6) is -0.136. The molecule has 2 fully saturated rings. The molecule has 59 heavy (non-hydrogen) atoms. The first-order chi connectivity index (χ1) is 27.9. The Balaban J connectivity index is 1.29. The molecule has 3 aliphatic heterocycles. The number of nitrogens with one attached hydrogen (secondary N) is 1. The van der Waals surface area contributed by atoms with Crippen LogP contribution in [0.25, 0.3) is 6.08 Å². The van der Waals surface area contributed by atoms with E-state index in [4.69, 9.17) is 28.4 Å². The molecule has 2 aromatic rings. The Kier molecular flexibility index (Phi) is 10.7. The summed E-state index contributed by atoms with van der Waals surface area (Å²) in [4.78, 5) is 43.5. The molecule has 3 aliphatic carbocycles. The molecule has 1 amide bonds. The molecule has 11 heteroatoms. The topological polar surface area (TPSA) is 139 Å². The molecule has 1 saturated carbocycles. The second kappa shape index (κ2) is 15.1. The van der Waals surface area contributed by atoms with Crippen LogP contribution in [0.3, 0.4) is 0 Å². The monoisotopic (exact) mass is 807 g/mol. The Morgan fingerprint density at radius 1 is 0.932 bits per heavy atom. The van der Waals surface area contributed by atoms with Crippen molar-refractivity contribution >= 4 is 23.5 Å². The van der Waals surface area contributed by atoms with Crippen LogP contribution in [0.15, 0.2) is 64.8 Å². The Labute approximate surface area is 347 Å². The first kappa shape index (κ1) is 41.9. The minimum atomic E-state index is -1.64. The average molecular weight is 808 g/mol. The van der Waals surface area contributed by atoms with E-state index >= 15 is 4.79 Å². The summed E-state index contributed by atoms with van der Waals surface area (Å²) in [7, 11) is 4.58. The van der Waals surface area contributed by atoms with Crippen LogP contribution in [0.2, 0.25) is 0 Å². The van der Waals surface area contributed by atoms with Crippen molar-refractivity contribution in [2.75, 3.05) is 21.3 Å². The summed E-state index contributed by atoms with van der Waals surface area (Å²) < 4.78 is 37.5. The van der Waals surface area contributed by atoms with E-state index in [2.05, 4.69) is 25.2 Å². The second-order valence-corrected chi connectivity index (χ2v) is 17.7. The molecule has 3 heterocycles. The van der Waals surface area contributed by atoms with E-state index < -0.39 is 40.0 Å². The number of hydrogen-bond acceptors (Lipinski definition) is 10. The summed E-state index contributed by atoms with van der Waals surface area (Å²) in [5, 5.41) is 15.0. The number of Topliss-reactive ketones (excluding diaryl/α,β-unsaturated/α-hetero) is 2. The minimum Gasteiger partial charge on any atom is -0.506 e. The summed E-state index contributed by atoms with van der Waals surface area (Å²) in [6, 6.07) is 3.53. The second-order valence-electron chi connectivity index (χ2n) is 17.7. The van der Waals surface area contributed by atoms with Crippen molar-refractivity contribution < 1.29 is 47.9 Å². The molecule has 11 nitrogen and oxygen atoms in total. The molecule has 0 aromatic heterocycles. The van der Waals surface area contributed by atoms with Crippen molar-refractivity contribution in [3.63, 3.8) is 0 Å². The molecule has 4 bridgehead atoms. The van der Waals surface area contributed by atoms with Crippen LogP contribution in [0, 0.1) is 11.8 Å². The number of ether oxygens (including phenoxy) is 6. The Hall–Kier alpha value is -5.29. The van der Waals surface area contributed by atoms with Crippen molar-refractivity contribution in [3.05, 3.63) is 87.1 Å². The molecular formula is C48H57NO10. The standard InChI is InChI=1S/C48H57NO10/c1-26(2)13-12-18-46(8)19-17-31-38(50)37-39(51)33-23-30-24-36-45(6,7)59-47(43(30)52,48(33,36)58-41(37)32(40(31)57-46)15-14-27(3)4)20-16-28(5)44(53)49-25-29-21-34(54-9)42(56-11)35(22-29)55-10/h13-14,16-17,19,21-23,30,36,50H,12,15,18,20,24-25H2,1-11H3,(H,49,53)/b28-16-. The van der Waals surface area contributed by atoms with Crippen LogP contribution in [0.5, 0.6) is 34.5 Å². The number of hydrogen-bond donors (Lipinski definition) is 2. The van der Waals surface area contributed by atoms with Gasteiger partial charge in [0.2, 0.25) is 11.7 Å². The lowest BCUT2D eigenvalue weighted by Gasteiger charge is -2.56. The van der Waals surface area contributed by atoms with Crippen molar-refractivity contribution in [1.82, 2.24) is 5.32 Å². The highest BCUT2D eigenvalue weighted by molar-refractivity contribution is 6.19. The van der Waals surface area contributed by atoms with Gasteiger partial charge in [0.15, 0.2) is 34.3 Å². The third-order valence-corrected chi connectivity index (χ3v) is 12.7. The SMILES string of the molecule is COc1cc(CNC(=O)/C(C)=C\CC23OC(C)(C)C4CC(C=C5C(=O)c6c(O)c7c(c(CC=C(C)C)c6OC542)OC(C)(CCC=C(C)C)C=C7)C3=O)cc(OC)c1OC. The zero-order valence-electron chi connectivity index (χ0n) is 36.1. The lowest BCUT2D eigenvalue weighted by molar-refractivity contribution is -0.171. The molecule has 6 aliphatic rings. The van der Waals surface area contributed by atoms with Gasteiger partial charge in [-0.3, -0.25) is 14.4 Å². The Morgan fingerprint density at radius 3 is 2.24 bits per heavy atom. The van der Waals surface area contributed by atoms with Crippen LogP contribution < -0.4 is 29.0 Å². The third kappa shape index (κ3) is 6.66. The molecule has 2 N–H and O–H groups in total. The zero-order chi connectivity index (χ0) is 42.8. The molecule has 0 radical (unpaired) electrons. The zero-order valence-corrected chi connectivity index (χ0v) is 36.1. The molecule has 5 unspecified atom stereocenters. The van der Waals surface area contributed by atoms with Crippen molar-refractivity contribution in [1.29, 1.82) is 0 Å².